The molecule has 0 aliphatic heterocycles. The number of hydrogen-bond donors (Lipinski definition) is 2. The first-order valence-corrected chi connectivity index (χ1v) is 11.5. The van der Waals surface area contributed by atoms with Crippen molar-refractivity contribution in [1.82, 2.24) is 19.9 Å². The zero-order valence-corrected chi connectivity index (χ0v) is 20.4. The second kappa shape index (κ2) is 10.5. The van der Waals surface area contributed by atoms with Crippen LogP contribution in [0.4, 0.5) is 5.82 Å². The quantitative estimate of drug-likeness (QED) is 0.364. The first-order chi connectivity index (χ1) is 16.4. The van der Waals surface area contributed by atoms with E-state index in [4.69, 9.17) is 4.74 Å². The Bertz CT molecular complexity index is 1390. The summed E-state index contributed by atoms with van der Waals surface area (Å²) >= 11 is 3.48. The molecule has 0 aliphatic rings. The highest BCUT2D eigenvalue weighted by Gasteiger charge is 2.15. The third-order valence-electron chi connectivity index (χ3n) is 5.23. The van der Waals surface area contributed by atoms with Gasteiger partial charge in [-0.1, -0.05) is 28.1 Å². The Labute approximate surface area is 205 Å². The summed E-state index contributed by atoms with van der Waals surface area (Å²) in [6.45, 7) is 2.58. The molecule has 0 radical (unpaired) electrons. The van der Waals surface area contributed by atoms with E-state index in [2.05, 4.69) is 36.5 Å². The molecule has 174 valence electrons. The largest absolute Gasteiger partial charge is 0.497 e. The van der Waals surface area contributed by atoms with Crippen LogP contribution in [0.2, 0.25) is 0 Å². The van der Waals surface area contributed by atoms with Gasteiger partial charge in [-0.15, -0.1) is 0 Å². The average molecular weight is 522 g/mol. The molecule has 0 bridgehead atoms. The fraction of sp³-hybridized carbons (Fsp3) is 0.200. The van der Waals surface area contributed by atoms with Crippen LogP contribution in [0.3, 0.4) is 0 Å². The van der Waals surface area contributed by atoms with Crippen LogP contribution in [-0.4, -0.2) is 34.1 Å². The number of amides is 1. The number of anilines is 1. The van der Waals surface area contributed by atoms with E-state index >= 15 is 0 Å². The fourth-order valence-corrected chi connectivity index (χ4v) is 3.99. The number of carbonyl (C=O) groups is 1. The number of nitrogens with one attached hydrogen (secondary N) is 2. The Morgan fingerprint density at radius 2 is 1.88 bits per heavy atom. The molecule has 0 fully saturated rings. The molecule has 2 aromatic heterocycles. The maximum Gasteiger partial charge on any atom is 0.278 e. The molecule has 0 saturated carbocycles. The molecule has 0 spiro atoms. The number of nitrogens with zero attached hydrogens (tertiary/aromatic N) is 3. The molecule has 0 atom stereocenters. The van der Waals surface area contributed by atoms with Crippen LogP contribution in [0.5, 0.6) is 5.75 Å². The SMILES string of the molecule is COc1ccc(-c2nc3ccc(NCc4cccc(Br)c4)nc3n(CCNC(C)=O)c2=O)cc1. The van der Waals surface area contributed by atoms with Gasteiger partial charge < -0.3 is 15.4 Å². The van der Waals surface area contributed by atoms with E-state index in [1.807, 2.05) is 36.4 Å². The standard InChI is InChI=1S/C25H24BrN5O3/c1-16(32)27-12-13-31-24-21(29-23(25(31)33)18-6-8-20(34-2)9-7-18)10-11-22(30-24)28-15-17-4-3-5-19(26)14-17/h3-11,14H,12-13,15H2,1-2H3,(H,27,32)(H,28,30). The Hall–Kier alpha value is -3.72. The first kappa shape index (κ1) is 23.4. The molecule has 8 nitrogen and oxygen atoms in total. The second-order valence-corrected chi connectivity index (χ2v) is 8.57. The highest BCUT2D eigenvalue weighted by molar-refractivity contribution is 9.10. The van der Waals surface area contributed by atoms with Crippen molar-refractivity contribution in [3.8, 4) is 17.0 Å². The molecule has 9 heteroatoms. The minimum Gasteiger partial charge on any atom is -0.497 e. The third kappa shape index (κ3) is 5.43. The van der Waals surface area contributed by atoms with E-state index in [1.54, 1.807) is 35.9 Å². The minimum atomic E-state index is -0.278. The summed E-state index contributed by atoms with van der Waals surface area (Å²) in [6.07, 6.45) is 0. The summed E-state index contributed by atoms with van der Waals surface area (Å²) in [6, 6.07) is 18.8. The van der Waals surface area contributed by atoms with Gasteiger partial charge in [0.25, 0.3) is 5.56 Å². The lowest BCUT2D eigenvalue weighted by molar-refractivity contribution is -0.118. The number of rotatable bonds is 8. The third-order valence-corrected chi connectivity index (χ3v) is 5.72. The molecule has 4 rings (SSSR count). The zero-order valence-electron chi connectivity index (χ0n) is 18.8. The Balaban J connectivity index is 1.72. The predicted molar refractivity (Wildman–Crippen MR) is 136 cm³/mol. The smallest absolute Gasteiger partial charge is 0.278 e. The molecular formula is C25H24BrN5O3. The van der Waals surface area contributed by atoms with Crippen molar-refractivity contribution >= 4 is 38.8 Å². The number of ether oxygens (including phenoxy) is 1. The number of aromatic nitrogens is 3. The summed E-state index contributed by atoms with van der Waals surface area (Å²) in [5, 5.41) is 6.04. The lowest BCUT2D eigenvalue weighted by atomic mass is 10.1. The van der Waals surface area contributed by atoms with Gasteiger partial charge in [0, 0.05) is 36.6 Å². The van der Waals surface area contributed by atoms with Crippen molar-refractivity contribution in [2.24, 2.45) is 0 Å². The molecular weight excluding hydrogens is 498 g/mol. The first-order valence-electron chi connectivity index (χ1n) is 10.7. The van der Waals surface area contributed by atoms with Gasteiger partial charge >= 0.3 is 0 Å². The average Bonchev–Trinajstić information content (AvgIpc) is 2.84. The minimum absolute atomic E-state index is 0.161. The van der Waals surface area contributed by atoms with E-state index in [0.29, 0.717) is 47.1 Å². The molecule has 0 aliphatic carbocycles. The monoisotopic (exact) mass is 521 g/mol. The van der Waals surface area contributed by atoms with Crippen LogP contribution in [0, 0.1) is 0 Å². The van der Waals surface area contributed by atoms with Gasteiger partial charge in [-0.05, 0) is 54.1 Å². The van der Waals surface area contributed by atoms with Crippen molar-refractivity contribution in [3.05, 3.63) is 81.1 Å². The highest BCUT2D eigenvalue weighted by Crippen LogP contribution is 2.21. The summed E-state index contributed by atoms with van der Waals surface area (Å²) in [7, 11) is 1.59. The lowest BCUT2D eigenvalue weighted by Gasteiger charge is -2.14. The molecule has 2 N–H and O–H groups in total. The molecule has 0 unspecified atom stereocenters. The van der Waals surface area contributed by atoms with Gasteiger partial charge in [-0.25, -0.2) is 9.97 Å². The Kier molecular flexibility index (Phi) is 7.22. The predicted octanol–water partition coefficient (Wildman–Crippen LogP) is 3.98. The molecule has 1 amide bonds. The van der Waals surface area contributed by atoms with Crippen molar-refractivity contribution < 1.29 is 9.53 Å². The number of pyridine rings is 1. The summed E-state index contributed by atoms with van der Waals surface area (Å²) in [5.41, 5.74) is 2.84. The van der Waals surface area contributed by atoms with E-state index in [9.17, 15) is 9.59 Å². The van der Waals surface area contributed by atoms with Crippen LogP contribution in [0.1, 0.15) is 12.5 Å². The van der Waals surface area contributed by atoms with Crippen LogP contribution in [0.15, 0.2) is 69.9 Å². The topological polar surface area (TPSA) is 98.1 Å². The van der Waals surface area contributed by atoms with Gasteiger partial charge in [0.05, 0.1) is 7.11 Å². The molecule has 0 saturated heterocycles. The van der Waals surface area contributed by atoms with E-state index in [1.165, 1.54) is 6.92 Å². The maximum absolute atomic E-state index is 13.4. The maximum atomic E-state index is 13.4. The summed E-state index contributed by atoms with van der Waals surface area (Å²) in [4.78, 5) is 34.1. The summed E-state index contributed by atoms with van der Waals surface area (Å²) in [5.74, 6) is 1.16. The van der Waals surface area contributed by atoms with Crippen molar-refractivity contribution in [1.29, 1.82) is 0 Å². The van der Waals surface area contributed by atoms with Gasteiger partial charge in [-0.3, -0.25) is 14.2 Å². The lowest BCUT2D eigenvalue weighted by Crippen LogP contribution is -2.31. The van der Waals surface area contributed by atoms with Crippen LogP contribution >= 0.6 is 15.9 Å². The number of fused-ring (bicyclic) bond motifs is 1. The number of hydrogen-bond acceptors (Lipinski definition) is 6. The van der Waals surface area contributed by atoms with Gasteiger partial charge in [0.1, 0.15) is 22.8 Å². The van der Waals surface area contributed by atoms with E-state index in [-0.39, 0.29) is 18.0 Å². The zero-order chi connectivity index (χ0) is 24.1. The number of methoxy groups -OCH3 is 1. The highest BCUT2D eigenvalue weighted by atomic mass is 79.9. The number of carbonyl (C=O) groups excluding carboxylic acids is 1. The molecule has 34 heavy (non-hydrogen) atoms. The van der Waals surface area contributed by atoms with Gasteiger partial charge in [0.15, 0.2) is 5.65 Å². The van der Waals surface area contributed by atoms with Gasteiger partial charge in [-0.2, -0.15) is 0 Å². The Morgan fingerprint density at radius 3 is 2.59 bits per heavy atom. The second-order valence-electron chi connectivity index (χ2n) is 7.65. The van der Waals surface area contributed by atoms with Gasteiger partial charge in [0.2, 0.25) is 5.91 Å². The van der Waals surface area contributed by atoms with Crippen molar-refractivity contribution in [2.75, 3.05) is 19.0 Å². The Morgan fingerprint density at radius 1 is 1.09 bits per heavy atom. The molecule has 2 heterocycles. The molecule has 4 aromatic rings. The van der Waals surface area contributed by atoms with Crippen molar-refractivity contribution in [3.63, 3.8) is 0 Å². The van der Waals surface area contributed by atoms with Crippen molar-refractivity contribution in [2.45, 2.75) is 20.0 Å². The normalized spacial score (nSPS) is 10.8. The van der Waals surface area contributed by atoms with Crippen LogP contribution in [0.25, 0.3) is 22.4 Å². The number of benzene rings is 2. The molecule has 2 aromatic carbocycles. The van der Waals surface area contributed by atoms with E-state index < -0.39 is 0 Å². The van der Waals surface area contributed by atoms with E-state index in [0.717, 1.165) is 10.0 Å². The fourth-order valence-electron chi connectivity index (χ4n) is 3.55. The van der Waals surface area contributed by atoms with Crippen LogP contribution < -0.4 is 20.9 Å². The number of halogens is 1. The van der Waals surface area contributed by atoms with Crippen LogP contribution in [-0.2, 0) is 17.9 Å². The summed E-state index contributed by atoms with van der Waals surface area (Å²) < 4.78 is 7.77.